The van der Waals surface area contributed by atoms with Gasteiger partial charge in [-0.1, -0.05) is 6.07 Å². The van der Waals surface area contributed by atoms with Gasteiger partial charge in [-0.3, -0.25) is 24.6 Å². The summed E-state index contributed by atoms with van der Waals surface area (Å²) >= 11 is 0. The van der Waals surface area contributed by atoms with Gasteiger partial charge in [0.2, 0.25) is 11.8 Å². The molecule has 0 radical (unpaired) electrons. The molecule has 3 fully saturated rings. The van der Waals surface area contributed by atoms with Crippen LogP contribution in [0.4, 0.5) is 0 Å². The highest BCUT2D eigenvalue weighted by atomic mass is 16.5. The van der Waals surface area contributed by atoms with E-state index >= 15 is 0 Å². The predicted octanol–water partition coefficient (Wildman–Crippen LogP) is 2.94. The molecule has 1 unspecified atom stereocenters. The van der Waals surface area contributed by atoms with Gasteiger partial charge in [0.05, 0.1) is 5.52 Å². The standard InChI is InChI=1S/C31H33N5O5/c37-28-6-5-27(30(38)34-28)36-17-22-14-23(2-3-25(22)31(36)39)41-24-7-10-35(18-24)16-19-1-4-26-21(13-19)15-32-29(33-26)20-8-11-40-12-9-20/h1-4,13-15,20,24,27H,5-12,16-18H2,(H,34,37,38)/t24-,27?/m0/s1. The van der Waals surface area contributed by atoms with Crippen LogP contribution in [0.15, 0.2) is 42.6 Å². The minimum absolute atomic E-state index is 0.0576. The van der Waals surface area contributed by atoms with Gasteiger partial charge in [0.25, 0.3) is 5.91 Å². The fourth-order valence-corrected chi connectivity index (χ4v) is 6.46. The number of hydrogen-bond acceptors (Lipinski definition) is 8. The number of rotatable bonds is 6. The lowest BCUT2D eigenvalue weighted by Crippen LogP contribution is -2.52. The lowest BCUT2D eigenvalue weighted by molar-refractivity contribution is -0.136. The van der Waals surface area contributed by atoms with Gasteiger partial charge >= 0.3 is 0 Å². The number of piperidine rings is 1. The van der Waals surface area contributed by atoms with Crippen LogP contribution in [-0.4, -0.2) is 75.9 Å². The molecule has 1 N–H and O–H groups in total. The maximum atomic E-state index is 13.0. The summed E-state index contributed by atoms with van der Waals surface area (Å²) in [6.45, 7) is 4.49. The smallest absolute Gasteiger partial charge is 0.255 e. The maximum absolute atomic E-state index is 13.0. The molecule has 2 atom stereocenters. The molecule has 10 heteroatoms. The number of nitrogens with zero attached hydrogens (tertiary/aromatic N) is 4. The third kappa shape index (κ3) is 5.29. The van der Waals surface area contributed by atoms with Crippen molar-refractivity contribution in [2.24, 2.45) is 0 Å². The quantitative estimate of drug-likeness (QED) is 0.462. The van der Waals surface area contributed by atoms with Crippen LogP contribution in [0, 0.1) is 0 Å². The van der Waals surface area contributed by atoms with Gasteiger partial charge in [-0.25, -0.2) is 9.97 Å². The van der Waals surface area contributed by atoms with E-state index in [1.807, 2.05) is 18.3 Å². The number of fused-ring (bicyclic) bond motifs is 2. The number of aromatic nitrogens is 2. The molecule has 1 aromatic heterocycles. The number of nitrogens with one attached hydrogen (secondary N) is 1. The van der Waals surface area contributed by atoms with Crippen molar-refractivity contribution in [2.45, 2.75) is 63.3 Å². The van der Waals surface area contributed by atoms with Crippen molar-refractivity contribution < 1.29 is 23.9 Å². The Morgan fingerprint density at radius 3 is 2.76 bits per heavy atom. The number of amides is 3. The summed E-state index contributed by atoms with van der Waals surface area (Å²) in [5, 5.41) is 3.41. The maximum Gasteiger partial charge on any atom is 0.255 e. The van der Waals surface area contributed by atoms with Crippen LogP contribution in [0.1, 0.15) is 65.3 Å². The Morgan fingerprint density at radius 2 is 1.90 bits per heavy atom. The second-order valence-electron chi connectivity index (χ2n) is 11.5. The van der Waals surface area contributed by atoms with Crippen LogP contribution >= 0.6 is 0 Å². The molecule has 4 aliphatic heterocycles. The number of carbonyl (C=O) groups is 3. The monoisotopic (exact) mass is 555 g/mol. The number of hydrogen-bond donors (Lipinski definition) is 1. The Labute approximate surface area is 238 Å². The number of benzene rings is 2. The molecule has 3 aromatic rings. The summed E-state index contributed by atoms with van der Waals surface area (Å²) in [7, 11) is 0. The van der Waals surface area contributed by atoms with Crippen molar-refractivity contribution in [3.8, 4) is 5.75 Å². The SMILES string of the molecule is O=C1CCC(N2Cc3cc(O[C@H]4CCN(Cc5ccc6nc(C7CCOCC7)ncc6c5)C4)ccc3C2=O)C(=O)N1. The van der Waals surface area contributed by atoms with Crippen LogP contribution in [0.5, 0.6) is 5.75 Å². The van der Waals surface area contributed by atoms with Crippen molar-refractivity contribution in [3.05, 3.63) is 65.1 Å². The Kier molecular flexibility index (Phi) is 6.88. The fraction of sp³-hybridized carbons (Fsp3) is 0.452. The number of likely N-dealkylation sites (tertiary alicyclic amines) is 1. The number of carbonyl (C=O) groups excluding carboxylic acids is 3. The predicted molar refractivity (Wildman–Crippen MR) is 149 cm³/mol. The Morgan fingerprint density at radius 1 is 1.02 bits per heavy atom. The third-order valence-corrected chi connectivity index (χ3v) is 8.68. The Hall–Kier alpha value is -3.89. The molecule has 212 valence electrons. The molecule has 4 aliphatic rings. The van der Waals surface area contributed by atoms with Crippen LogP contribution < -0.4 is 10.1 Å². The number of imide groups is 1. The van der Waals surface area contributed by atoms with Gasteiger partial charge in [-0.05, 0) is 67.1 Å². The van der Waals surface area contributed by atoms with E-state index in [1.54, 1.807) is 11.0 Å². The first kappa shape index (κ1) is 26.0. The Balaban J connectivity index is 0.960. The van der Waals surface area contributed by atoms with Gasteiger partial charge in [-0.15, -0.1) is 0 Å². The van der Waals surface area contributed by atoms with E-state index < -0.39 is 11.9 Å². The highest BCUT2D eigenvalue weighted by molar-refractivity contribution is 6.05. The van der Waals surface area contributed by atoms with Crippen molar-refractivity contribution in [1.82, 2.24) is 25.1 Å². The molecule has 10 nitrogen and oxygen atoms in total. The van der Waals surface area contributed by atoms with E-state index in [0.717, 1.165) is 80.2 Å². The summed E-state index contributed by atoms with van der Waals surface area (Å²) in [5.74, 6) is 1.18. The molecule has 0 saturated carbocycles. The van der Waals surface area contributed by atoms with Crippen molar-refractivity contribution >= 4 is 28.6 Å². The first-order valence-corrected chi connectivity index (χ1v) is 14.5. The summed E-state index contributed by atoms with van der Waals surface area (Å²) in [5.41, 5.74) is 3.66. The van der Waals surface area contributed by atoms with E-state index in [9.17, 15) is 14.4 Å². The molecule has 3 amide bonds. The molecule has 0 spiro atoms. The molecule has 3 saturated heterocycles. The normalized spacial score (nSPS) is 23.7. The average Bonchev–Trinajstić information content (AvgIpc) is 3.56. The van der Waals surface area contributed by atoms with Gasteiger partial charge in [0.15, 0.2) is 0 Å². The molecular formula is C31H33N5O5. The third-order valence-electron chi connectivity index (χ3n) is 8.68. The van der Waals surface area contributed by atoms with E-state index in [2.05, 4.69) is 33.4 Å². The van der Waals surface area contributed by atoms with Gasteiger partial charge in [-0.2, -0.15) is 0 Å². The van der Waals surface area contributed by atoms with Gasteiger partial charge in [0, 0.05) is 68.9 Å². The van der Waals surface area contributed by atoms with Crippen LogP contribution in [0.2, 0.25) is 0 Å². The van der Waals surface area contributed by atoms with Crippen molar-refractivity contribution in [2.75, 3.05) is 26.3 Å². The zero-order valence-corrected chi connectivity index (χ0v) is 22.9. The second-order valence-corrected chi connectivity index (χ2v) is 11.5. The summed E-state index contributed by atoms with van der Waals surface area (Å²) in [4.78, 5) is 50.3. The topological polar surface area (TPSA) is 114 Å². The minimum Gasteiger partial charge on any atom is -0.489 e. The van der Waals surface area contributed by atoms with Crippen LogP contribution in [0.3, 0.4) is 0 Å². The first-order valence-electron chi connectivity index (χ1n) is 14.5. The largest absolute Gasteiger partial charge is 0.489 e. The van der Waals surface area contributed by atoms with E-state index in [-0.39, 0.29) is 24.3 Å². The molecular weight excluding hydrogens is 522 g/mol. The molecule has 7 rings (SSSR count). The molecule has 0 bridgehead atoms. The molecule has 2 aromatic carbocycles. The Bertz CT molecular complexity index is 1520. The van der Waals surface area contributed by atoms with Gasteiger partial charge in [0.1, 0.15) is 23.7 Å². The fourth-order valence-electron chi connectivity index (χ4n) is 6.46. The molecule has 0 aliphatic carbocycles. The second kappa shape index (κ2) is 10.8. The first-order chi connectivity index (χ1) is 20.0. The van der Waals surface area contributed by atoms with Crippen LogP contribution in [0.25, 0.3) is 10.9 Å². The molecule has 41 heavy (non-hydrogen) atoms. The van der Waals surface area contributed by atoms with Crippen molar-refractivity contribution in [3.63, 3.8) is 0 Å². The minimum atomic E-state index is -0.615. The summed E-state index contributed by atoms with van der Waals surface area (Å²) in [6, 6.07) is 11.4. The van der Waals surface area contributed by atoms with Crippen LogP contribution in [-0.2, 0) is 27.4 Å². The molecule has 5 heterocycles. The van der Waals surface area contributed by atoms with E-state index in [1.165, 1.54) is 5.56 Å². The summed E-state index contributed by atoms with van der Waals surface area (Å²) in [6.07, 6.45) is 5.48. The average molecular weight is 556 g/mol. The van der Waals surface area contributed by atoms with E-state index in [0.29, 0.717) is 24.4 Å². The zero-order valence-electron chi connectivity index (χ0n) is 22.9. The highest BCUT2D eigenvalue weighted by Gasteiger charge is 2.39. The van der Waals surface area contributed by atoms with Gasteiger partial charge < -0.3 is 14.4 Å². The zero-order chi connectivity index (χ0) is 27.9. The summed E-state index contributed by atoms with van der Waals surface area (Å²) < 4.78 is 11.8. The lowest BCUT2D eigenvalue weighted by Gasteiger charge is -2.29. The van der Waals surface area contributed by atoms with Crippen molar-refractivity contribution in [1.29, 1.82) is 0 Å². The van der Waals surface area contributed by atoms with E-state index in [4.69, 9.17) is 14.5 Å². The number of ether oxygens (including phenoxy) is 2. The highest BCUT2D eigenvalue weighted by Crippen LogP contribution is 2.31. The lowest BCUT2D eigenvalue weighted by atomic mass is 9.99.